The predicted octanol–water partition coefficient (Wildman–Crippen LogP) is 2.63. The monoisotopic (exact) mass is 271 g/mol. The van der Waals surface area contributed by atoms with Crippen LogP contribution >= 0.6 is 0 Å². The molecular formula is C16H17NO3. The highest BCUT2D eigenvalue weighted by molar-refractivity contribution is 5.95. The summed E-state index contributed by atoms with van der Waals surface area (Å²) in [5.74, 6) is 0.510. The molecule has 104 valence electrons. The molecule has 0 spiro atoms. The van der Waals surface area contributed by atoms with E-state index >= 15 is 0 Å². The van der Waals surface area contributed by atoms with Crippen molar-refractivity contribution < 1.29 is 13.9 Å². The summed E-state index contributed by atoms with van der Waals surface area (Å²) >= 11 is 0. The van der Waals surface area contributed by atoms with Gasteiger partial charge in [0.05, 0.1) is 18.4 Å². The van der Waals surface area contributed by atoms with Crippen molar-refractivity contribution in [1.29, 1.82) is 0 Å². The van der Waals surface area contributed by atoms with Crippen LogP contribution in [-0.2, 0) is 11.2 Å². The van der Waals surface area contributed by atoms with Crippen molar-refractivity contribution >= 4 is 5.91 Å². The number of carbonyl (C=O) groups excluding carboxylic acids is 1. The lowest BCUT2D eigenvalue weighted by molar-refractivity contribution is 0.0411. The SMILES string of the molecule is Cc1occc1C(=O)NC[C@@H]1OCCc2ccccc21. The minimum atomic E-state index is -0.122. The standard InChI is InChI=1S/C16H17NO3/c1-11-13(7-9-19-11)16(18)17-10-15-14-5-3-2-4-12(14)6-8-20-15/h2-5,7,9,15H,6,8,10H2,1H3,(H,17,18)/t15-/m0/s1. The maximum Gasteiger partial charge on any atom is 0.254 e. The minimum absolute atomic E-state index is 0.0730. The van der Waals surface area contributed by atoms with Gasteiger partial charge in [0.2, 0.25) is 0 Å². The van der Waals surface area contributed by atoms with E-state index in [0.717, 1.165) is 6.42 Å². The molecule has 0 bridgehead atoms. The van der Waals surface area contributed by atoms with E-state index in [-0.39, 0.29) is 12.0 Å². The van der Waals surface area contributed by atoms with Gasteiger partial charge in [0.15, 0.2) is 0 Å². The van der Waals surface area contributed by atoms with Gasteiger partial charge in [-0.3, -0.25) is 4.79 Å². The molecule has 1 aromatic heterocycles. The van der Waals surface area contributed by atoms with E-state index in [0.29, 0.717) is 24.5 Å². The van der Waals surface area contributed by atoms with Gasteiger partial charge in [-0.25, -0.2) is 0 Å². The van der Waals surface area contributed by atoms with Crippen LogP contribution in [0.15, 0.2) is 41.0 Å². The van der Waals surface area contributed by atoms with Gasteiger partial charge in [-0.05, 0) is 30.5 Å². The number of benzene rings is 1. The molecule has 0 aliphatic carbocycles. The third-order valence-corrected chi connectivity index (χ3v) is 3.64. The van der Waals surface area contributed by atoms with E-state index in [4.69, 9.17) is 9.15 Å². The van der Waals surface area contributed by atoms with Gasteiger partial charge in [0.25, 0.3) is 5.91 Å². The summed E-state index contributed by atoms with van der Waals surface area (Å²) in [4.78, 5) is 12.1. The lowest BCUT2D eigenvalue weighted by atomic mass is 9.97. The smallest absolute Gasteiger partial charge is 0.254 e. The van der Waals surface area contributed by atoms with Crippen LogP contribution in [0.25, 0.3) is 0 Å². The van der Waals surface area contributed by atoms with Crippen molar-refractivity contribution in [3.8, 4) is 0 Å². The Morgan fingerprint density at radius 2 is 2.20 bits per heavy atom. The van der Waals surface area contributed by atoms with Crippen molar-refractivity contribution in [1.82, 2.24) is 5.32 Å². The van der Waals surface area contributed by atoms with Crippen molar-refractivity contribution in [2.45, 2.75) is 19.4 Å². The Hall–Kier alpha value is -2.07. The molecular weight excluding hydrogens is 254 g/mol. The lowest BCUT2D eigenvalue weighted by Gasteiger charge is -2.26. The molecule has 2 aromatic rings. The van der Waals surface area contributed by atoms with Crippen LogP contribution in [0.1, 0.15) is 33.3 Å². The third kappa shape index (κ3) is 2.47. The van der Waals surface area contributed by atoms with Crippen LogP contribution < -0.4 is 5.32 Å². The largest absolute Gasteiger partial charge is 0.469 e. The highest BCUT2D eigenvalue weighted by Crippen LogP contribution is 2.26. The summed E-state index contributed by atoms with van der Waals surface area (Å²) in [5.41, 5.74) is 3.05. The molecule has 1 amide bonds. The van der Waals surface area contributed by atoms with Gasteiger partial charge in [-0.1, -0.05) is 24.3 Å². The molecule has 1 N–H and O–H groups in total. The van der Waals surface area contributed by atoms with Crippen LogP contribution in [-0.4, -0.2) is 19.1 Å². The average Bonchev–Trinajstić information content (AvgIpc) is 2.91. The third-order valence-electron chi connectivity index (χ3n) is 3.64. The zero-order chi connectivity index (χ0) is 13.9. The molecule has 4 nitrogen and oxygen atoms in total. The van der Waals surface area contributed by atoms with E-state index < -0.39 is 0 Å². The van der Waals surface area contributed by atoms with E-state index in [1.54, 1.807) is 13.0 Å². The fourth-order valence-corrected chi connectivity index (χ4v) is 2.55. The van der Waals surface area contributed by atoms with Gasteiger partial charge in [-0.2, -0.15) is 0 Å². The number of aryl methyl sites for hydroxylation is 1. The predicted molar refractivity (Wildman–Crippen MR) is 74.6 cm³/mol. The lowest BCUT2D eigenvalue weighted by Crippen LogP contribution is -2.31. The first-order valence-electron chi connectivity index (χ1n) is 6.77. The van der Waals surface area contributed by atoms with Gasteiger partial charge in [0.1, 0.15) is 11.9 Å². The van der Waals surface area contributed by atoms with Crippen LogP contribution in [0, 0.1) is 6.92 Å². The van der Waals surface area contributed by atoms with E-state index in [9.17, 15) is 4.79 Å². The fourth-order valence-electron chi connectivity index (χ4n) is 2.55. The number of furan rings is 1. The Kier molecular flexibility index (Phi) is 3.56. The first-order valence-corrected chi connectivity index (χ1v) is 6.77. The van der Waals surface area contributed by atoms with Crippen molar-refractivity contribution in [2.75, 3.05) is 13.2 Å². The topological polar surface area (TPSA) is 51.5 Å². The normalized spacial score (nSPS) is 17.6. The molecule has 0 saturated carbocycles. The number of hydrogen-bond acceptors (Lipinski definition) is 3. The summed E-state index contributed by atoms with van der Waals surface area (Å²) in [5, 5.41) is 2.91. The maximum absolute atomic E-state index is 12.1. The zero-order valence-electron chi connectivity index (χ0n) is 11.4. The number of ether oxygens (including phenoxy) is 1. The van der Waals surface area contributed by atoms with Crippen molar-refractivity contribution in [2.24, 2.45) is 0 Å². The maximum atomic E-state index is 12.1. The molecule has 0 saturated heterocycles. The Balaban J connectivity index is 1.68. The average molecular weight is 271 g/mol. The highest BCUT2D eigenvalue weighted by Gasteiger charge is 2.21. The van der Waals surface area contributed by atoms with Crippen LogP contribution in [0.3, 0.4) is 0 Å². The molecule has 4 heteroatoms. The summed E-state index contributed by atoms with van der Waals surface area (Å²) in [6.07, 6.45) is 2.38. The molecule has 1 aromatic carbocycles. The summed E-state index contributed by atoms with van der Waals surface area (Å²) in [6.45, 7) is 2.95. The number of hydrogen-bond donors (Lipinski definition) is 1. The fraction of sp³-hybridized carbons (Fsp3) is 0.312. The quantitative estimate of drug-likeness (QED) is 0.933. The van der Waals surface area contributed by atoms with Crippen LogP contribution in [0.4, 0.5) is 0 Å². The van der Waals surface area contributed by atoms with Gasteiger partial charge < -0.3 is 14.5 Å². The van der Waals surface area contributed by atoms with Gasteiger partial charge in [0, 0.05) is 6.54 Å². The molecule has 0 fully saturated rings. The molecule has 3 rings (SSSR count). The second kappa shape index (κ2) is 5.51. The summed E-state index contributed by atoms with van der Waals surface area (Å²) in [7, 11) is 0. The molecule has 1 aliphatic rings. The summed E-state index contributed by atoms with van der Waals surface area (Å²) in [6, 6.07) is 9.90. The Bertz CT molecular complexity index is 618. The van der Waals surface area contributed by atoms with Crippen molar-refractivity contribution in [3.05, 3.63) is 59.0 Å². The van der Waals surface area contributed by atoms with E-state index in [2.05, 4.69) is 17.4 Å². The van der Waals surface area contributed by atoms with Gasteiger partial charge in [-0.15, -0.1) is 0 Å². The summed E-state index contributed by atoms with van der Waals surface area (Å²) < 4.78 is 10.9. The molecule has 1 aliphatic heterocycles. The number of fused-ring (bicyclic) bond motifs is 1. The number of nitrogens with one attached hydrogen (secondary N) is 1. The second-order valence-corrected chi connectivity index (χ2v) is 4.91. The molecule has 2 heterocycles. The Labute approximate surface area is 117 Å². The first-order chi connectivity index (χ1) is 9.75. The zero-order valence-corrected chi connectivity index (χ0v) is 11.4. The molecule has 1 atom stereocenters. The Morgan fingerprint density at radius 1 is 1.35 bits per heavy atom. The second-order valence-electron chi connectivity index (χ2n) is 4.91. The van der Waals surface area contributed by atoms with Crippen molar-refractivity contribution in [3.63, 3.8) is 0 Å². The van der Waals surface area contributed by atoms with E-state index in [1.807, 2.05) is 12.1 Å². The Morgan fingerprint density at radius 3 is 3.00 bits per heavy atom. The number of rotatable bonds is 3. The number of carbonyl (C=O) groups is 1. The first kappa shape index (κ1) is 12.9. The van der Waals surface area contributed by atoms with Crippen LogP contribution in [0.5, 0.6) is 0 Å². The highest BCUT2D eigenvalue weighted by atomic mass is 16.5. The van der Waals surface area contributed by atoms with Gasteiger partial charge >= 0.3 is 0 Å². The number of amides is 1. The molecule has 0 radical (unpaired) electrons. The molecule has 0 unspecified atom stereocenters. The van der Waals surface area contributed by atoms with E-state index in [1.165, 1.54) is 17.4 Å². The minimum Gasteiger partial charge on any atom is -0.469 e. The molecule has 20 heavy (non-hydrogen) atoms. The van der Waals surface area contributed by atoms with Crippen LogP contribution in [0.2, 0.25) is 0 Å².